The average Bonchev–Trinajstić information content (AvgIpc) is 3.01. The molecule has 1 amide bonds. The number of ether oxygens (including phenoxy) is 1. The molecule has 2 N–H and O–H groups in total. The molecule has 0 radical (unpaired) electrons. The van der Waals surface area contributed by atoms with Gasteiger partial charge in [-0.05, 0) is 48.9 Å². The topological polar surface area (TPSA) is 79.9 Å². The van der Waals surface area contributed by atoms with Crippen LogP contribution in [-0.2, 0) is 6.61 Å². The van der Waals surface area contributed by atoms with Crippen LogP contribution in [0.15, 0.2) is 55.0 Å². The van der Waals surface area contributed by atoms with Crippen molar-refractivity contribution in [3.05, 3.63) is 71.8 Å². The Morgan fingerprint density at radius 2 is 1.91 bits per heavy atom. The van der Waals surface area contributed by atoms with Gasteiger partial charge in [0.15, 0.2) is 0 Å². The van der Waals surface area contributed by atoms with E-state index in [1.807, 2.05) is 24.3 Å². The summed E-state index contributed by atoms with van der Waals surface area (Å²) < 4.78 is 5.69. The molecule has 0 saturated heterocycles. The van der Waals surface area contributed by atoms with Crippen molar-refractivity contribution >= 4 is 11.6 Å². The van der Waals surface area contributed by atoms with Gasteiger partial charge in [0, 0.05) is 23.8 Å². The summed E-state index contributed by atoms with van der Waals surface area (Å²) in [4.78, 5) is 16.0. The lowest BCUT2D eigenvalue weighted by Gasteiger charge is -2.08. The van der Waals surface area contributed by atoms with Gasteiger partial charge < -0.3 is 10.1 Å². The van der Waals surface area contributed by atoms with Crippen LogP contribution in [0.25, 0.3) is 0 Å². The van der Waals surface area contributed by atoms with E-state index in [9.17, 15) is 4.79 Å². The standard InChI is InChI=1S/C17H16N4O2/c1-12-16(10-19-21-12)17(22)20-14-2-4-15(5-3-14)23-11-13-6-8-18-9-7-13/h2-10H,11H2,1H3,(H,19,21)(H,20,22). The number of nitrogens with zero attached hydrogens (tertiary/aromatic N) is 2. The number of benzene rings is 1. The fourth-order valence-electron chi connectivity index (χ4n) is 2.06. The Labute approximate surface area is 133 Å². The summed E-state index contributed by atoms with van der Waals surface area (Å²) in [6, 6.07) is 11.0. The third kappa shape index (κ3) is 3.74. The second-order valence-corrected chi connectivity index (χ2v) is 5.03. The number of hydrogen-bond acceptors (Lipinski definition) is 4. The smallest absolute Gasteiger partial charge is 0.259 e. The second-order valence-electron chi connectivity index (χ2n) is 5.03. The van der Waals surface area contributed by atoms with Gasteiger partial charge in [0.1, 0.15) is 12.4 Å². The Kier molecular flexibility index (Phi) is 4.33. The molecule has 0 aliphatic carbocycles. The maximum absolute atomic E-state index is 12.1. The summed E-state index contributed by atoms with van der Waals surface area (Å²) in [5, 5.41) is 9.41. The molecule has 3 aromatic rings. The van der Waals surface area contributed by atoms with Gasteiger partial charge in [-0.15, -0.1) is 0 Å². The molecule has 2 aromatic heterocycles. The first-order valence-corrected chi connectivity index (χ1v) is 7.15. The van der Waals surface area contributed by atoms with Gasteiger partial charge in [-0.2, -0.15) is 5.10 Å². The average molecular weight is 308 g/mol. The lowest BCUT2D eigenvalue weighted by molar-refractivity contribution is 0.102. The van der Waals surface area contributed by atoms with Crippen LogP contribution in [0.3, 0.4) is 0 Å². The molecular formula is C17H16N4O2. The highest BCUT2D eigenvalue weighted by Gasteiger charge is 2.10. The molecule has 2 heterocycles. The molecule has 0 fully saturated rings. The van der Waals surface area contributed by atoms with Crippen molar-refractivity contribution in [2.24, 2.45) is 0 Å². The highest BCUT2D eigenvalue weighted by molar-refractivity contribution is 6.04. The van der Waals surface area contributed by atoms with Crippen molar-refractivity contribution in [2.45, 2.75) is 13.5 Å². The summed E-state index contributed by atoms with van der Waals surface area (Å²) in [5.74, 6) is 0.543. The van der Waals surface area contributed by atoms with Crippen molar-refractivity contribution in [1.82, 2.24) is 15.2 Å². The van der Waals surface area contributed by atoms with Gasteiger partial charge in [0.2, 0.25) is 0 Å². The van der Waals surface area contributed by atoms with Gasteiger partial charge in [0.05, 0.1) is 11.8 Å². The van der Waals surface area contributed by atoms with Crippen molar-refractivity contribution in [2.75, 3.05) is 5.32 Å². The SMILES string of the molecule is Cc1[nH]ncc1C(=O)Nc1ccc(OCc2ccncc2)cc1. The predicted octanol–water partition coefficient (Wildman–Crippen LogP) is 2.94. The van der Waals surface area contributed by atoms with E-state index < -0.39 is 0 Å². The first-order valence-electron chi connectivity index (χ1n) is 7.15. The normalized spacial score (nSPS) is 10.3. The Hall–Kier alpha value is -3.15. The van der Waals surface area contributed by atoms with E-state index >= 15 is 0 Å². The van der Waals surface area contributed by atoms with E-state index in [1.165, 1.54) is 6.20 Å². The molecule has 116 valence electrons. The summed E-state index contributed by atoms with van der Waals surface area (Å²) in [5.41, 5.74) is 3.02. The molecule has 0 bridgehead atoms. The zero-order valence-electron chi connectivity index (χ0n) is 12.6. The van der Waals surface area contributed by atoms with Crippen molar-refractivity contribution < 1.29 is 9.53 Å². The monoisotopic (exact) mass is 308 g/mol. The number of rotatable bonds is 5. The molecule has 1 aromatic carbocycles. The lowest BCUT2D eigenvalue weighted by Crippen LogP contribution is -2.12. The van der Waals surface area contributed by atoms with E-state index in [2.05, 4.69) is 20.5 Å². The van der Waals surface area contributed by atoms with Crippen LogP contribution in [0.1, 0.15) is 21.6 Å². The molecule has 0 aliphatic heterocycles. The van der Waals surface area contributed by atoms with Crippen molar-refractivity contribution in [1.29, 1.82) is 0 Å². The Balaban J connectivity index is 1.59. The number of H-pyrrole nitrogens is 1. The fraction of sp³-hybridized carbons (Fsp3) is 0.118. The molecule has 3 rings (SSSR count). The molecule has 23 heavy (non-hydrogen) atoms. The number of anilines is 1. The van der Waals surface area contributed by atoms with Crippen LogP contribution in [0.5, 0.6) is 5.75 Å². The first-order chi connectivity index (χ1) is 11.2. The quantitative estimate of drug-likeness (QED) is 0.759. The van der Waals surface area contributed by atoms with E-state index in [-0.39, 0.29) is 5.91 Å². The van der Waals surface area contributed by atoms with E-state index in [0.29, 0.717) is 17.9 Å². The number of nitrogens with one attached hydrogen (secondary N) is 2. The third-order valence-electron chi connectivity index (χ3n) is 3.34. The summed E-state index contributed by atoms with van der Waals surface area (Å²) in [6.07, 6.45) is 4.97. The van der Waals surface area contributed by atoms with E-state index in [1.54, 1.807) is 31.5 Å². The van der Waals surface area contributed by atoms with Gasteiger partial charge >= 0.3 is 0 Å². The molecule has 0 aliphatic rings. The maximum atomic E-state index is 12.1. The number of amides is 1. The lowest BCUT2D eigenvalue weighted by atomic mass is 10.2. The van der Waals surface area contributed by atoms with Crippen LogP contribution >= 0.6 is 0 Å². The van der Waals surface area contributed by atoms with E-state index in [0.717, 1.165) is 17.0 Å². The zero-order valence-corrected chi connectivity index (χ0v) is 12.6. The molecule has 0 unspecified atom stereocenters. The van der Waals surface area contributed by atoms with Crippen LogP contribution in [0, 0.1) is 6.92 Å². The maximum Gasteiger partial charge on any atom is 0.259 e. The van der Waals surface area contributed by atoms with Gasteiger partial charge in [-0.3, -0.25) is 14.9 Å². The highest BCUT2D eigenvalue weighted by atomic mass is 16.5. The minimum atomic E-state index is -0.193. The zero-order chi connectivity index (χ0) is 16.1. The molecular weight excluding hydrogens is 292 g/mol. The van der Waals surface area contributed by atoms with Gasteiger partial charge in [-0.25, -0.2) is 0 Å². The van der Waals surface area contributed by atoms with Crippen LogP contribution < -0.4 is 10.1 Å². The predicted molar refractivity (Wildman–Crippen MR) is 86.3 cm³/mol. The molecule has 0 atom stereocenters. The second kappa shape index (κ2) is 6.74. The Morgan fingerprint density at radius 1 is 1.17 bits per heavy atom. The van der Waals surface area contributed by atoms with Gasteiger partial charge in [-0.1, -0.05) is 0 Å². The molecule has 6 nitrogen and oxygen atoms in total. The number of aromatic nitrogens is 3. The summed E-state index contributed by atoms with van der Waals surface area (Å²) in [6.45, 7) is 2.28. The Morgan fingerprint density at radius 3 is 2.57 bits per heavy atom. The number of carbonyl (C=O) groups excluding carboxylic acids is 1. The minimum Gasteiger partial charge on any atom is -0.489 e. The number of aryl methyl sites for hydroxylation is 1. The minimum absolute atomic E-state index is 0.193. The van der Waals surface area contributed by atoms with Crippen molar-refractivity contribution in [3.8, 4) is 5.75 Å². The van der Waals surface area contributed by atoms with E-state index in [4.69, 9.17) is 4.74 Å². The van der Waals surface area contributed by atoms with Crippen LogP contribution in [0.4, 0.5) is 5.69 Å². The molecule has 0 spiro atoms. The third-order valence-corrected chi connectivity index (χ3v) is 3.34. The van der Waals surface area contributed by atoms with Crippen LogP contribution in [-0.4, -0.2) is 21.1 Å². The van der Waals surface area contributed by atoms with Crippen LogP contribution in [0.2, 0.25) is 0 Å². The van der Waals surface area contributed by atoms with Gasteiger partial charge in [0.25, 0.3) is 5.91 Å². The Bertz CT molecular complexity index is 782. The number of carbonyl (C=O) groups is 1. The molecule has 6 heteroatoms. The van der Waals surface area contributed by atoms with Crippen molar-refractivity contribution in [3.63, 3.8) is 0 Å². The number of aromatic amines is 1. The highest BCUT2D eigenvalue weighted by Crippen LogP contribution is 2.18. The first kappa shape index (κ1) is 14.8. The number of hydrogen-bond donors (Lipinski definition) is 2. The largest absolute Gasteiger partial charge is 0.489 e. The molecule has 0 saturated carbocycles. The fourth-order valence-corrected chi connectivity index (χ4v) is 2.06. The number of pyridine rings is 1. The summed E-state index contributed by atoms with van der Waals surface area (Å²) in [7, 11) is 0. The summed E-state index contributed by atoms with van der Waals surface area (Å²) >= 11 is 0.